The van der Waals surface area contributed by atoms with Gasteiger partial charge >= 0.3 is 6.18 Å². The van der Waals surface area contributed by atoms with Gasteiger partial charge in [0, 0.05) is 57.8 Å². The molecule has 1 N–H and O–H groups in total. The van der Waals surface area contributed by atoms with Crippen molar-refractivity contribution in [3.05, 3.63) is 46.6 Å². The lowest BCUT2D eigenvalue weighted by molar-refractivity contribution is -0.137. The van der Waals surface area contributed by atoms with Crippen LogP contribution in [0.15, 0.2) is 30.3 Å². The number of amides is 2. The van der Waals surface area contributed by atoms with Gasteiger partial charge in [-0.05, 0) is 44.0 Å². The number of piperidine rings is 1. The monoisotopic (exact) mass is 565 g/mol. The largest absolute Gasteiger partial charge is 0.416 e. The molecule has 8 nitrogen and oxygen atoms in total. The number of aliphatic hydroxyl groups excluding tert-OH is 1. The van der Waals surface area contributed by atoms with Gasteiger partial charge in [0.05, 0.1) is 28.1 Å². The summed E-state index contributed by atoms with van der Waals surface area (Å²) < 4.78 is 40.8. The van der Waals surface area contributed by atoms with Crippen LogP contribution in [0.2, 0.25) is 5.02 Å². The standard InChI is InChI=1S/C27H31ClF3N5O3/c1-16-12-18(27(29,30)31)14-22(32-16)36-23(38)13-17-15-35(11-10-34-8-6-19(37)7-9-34)25-20(28)4-3-5-21(25)33(2)26(39)24(17)36/h3-5,12,14,17,19,24,37H,6-11,13,15H2,1-2H3/t17-,24+/m1/s1. The van der Waals surface area contributed by atoms with E-state index < -0.39 is 35.5 Å². The van der Waals surface area contributed by atoms with Crippen LogP contribution in [0.5, 0.6) is 0 Å². The van der Waals surface area contributed by atoms with Gasteiger partial charge in [0.25, 0.3) is 0 Å². The number of hydrogen-bond donors (Lipinski definition) is 1. The first-order valence-electron chi connectivity index (χ1n) is 13.0. The van der Waals surface area contributed by atoms with Crippen molar-refractivity contribution in [3.63, 3.8) is 0 Å². The molecule has 0 aliphatic carbocycles. The number of carbonyl (C=O) groups is 2. The van der Waals surface area contributed by atoms with Gasteiger partial charge in [-0.3, -0.25) is 14.5 Å². The molecule has 2 amide bonds. The molecule has 0 saturated carbocycles. The molecule has 39 heavy (non-hydrogen) atoms. The second-order valence-electron chi connectivity index (χ2n) is 10.5. The predicted molar refractivity (Wildman–Crippen MR) is 142 cm³/mol. The van der Waals surface area contributed by atoms with E-state index in [2.05, 4.69) is 14.8 Å². The summed E-state index contributed by atoms with van der Waals surface area (Å²) in [5, 5.41) is 10.3. The smallest absolute Gasteiger partial charge is 0.393 e. The average molecular weight is 566 g/mol. The first kappa shape index (κ1) is 27.7. The Bertz CT molecular complexity index is 1270. The molecule has 3 aliphatic rings. The van der Waals surface area contributed by atoms with Crippen LogP contribution in [0.3, 0.4) is 0 Å². The average Bonchev–Trinajstić information content (AvgIpc) is 3.20. The molecule has 3 aliphatic heterocycles. The summed E-state index contributed by atoms with van der Waals surface area (Å²) in [7, 11) is 1.59. The zero-order valence-corrected chi connectivity index (χ0v) is 22.5. The Hall–Kier alpha value is -2.89. The van der Waals surface area contributed by atoms with Crippen LogP contribution in [-0.4, -0.2) is 78.7 Å². The van der Waals surface area contributed by atoms with Crippen molar-refractivity contribution >= 4 is 40.6 Å². The molecule has 2 atom stereocenters. The van der Waals surface area contributed by atoms with Crippen molar-refractivity contribution in [2.75, 3.05) is 54.5 Å². The molecule has 0 unspecified atom stereocenters. The molecular weight excluding hydrogens is 535 g/mol. The maximum absolute atomic E-state index is 13.9. The maximum atomic E-state index is 13.9. The fraction of sp³-hybridized carbons (Fsp3) is 0.519. The predicted octanol–water partition coefficient (Wildman–Crippen LogP) is 3.72. The van der Waals surface area contributed by atoms with Crippen LogP contribution < -0.4 is 14.7 Å². The number of fused-ring (bicyclic) bond motifs is 2. The molecule has 0 spiro atoms. The highest BCUT2D eigenvalue weighted by molar-refractivity contribution is 6.34. The zero-order chi connectivity index (χ0) is 28.1. The summed E-state index contributed by atoms with van der Waals surface area (Å²) in [4.78, 5) is 38.4. The highest BCUT2D eigenvalue weighted by Crippen LogP contribution is 2.43. The number of rotatable bonds is 4. The number of benzene rings is 1. The van der Waals surface area contributed by atoms with Gasteiger partial charge in [-0.1, -0.05) is 17.7 Å². The summed E-state index contributed by atoms with van der Waals surface area (Å²) in [6, 6.07) is 6.02. The summed E-state index contributed by atoms with van der Waals surface area (Å²) in [6.07, 6.45) is -3.52. The highest BCUT2D eigenvalue weighted by Gasteiger charge is 2.49. The van der Waals surface area contributed by atoms with Crippen LogP contribution in [-0.2, 0) is 15.8 Å². The number of aromatic nitrogens is 1. The van der Waals surface area contributed by atoms with Crippen LogP contribution in [0, 0.1) is 12.8 Å². The lowest BCUT2D eigenvalue weighted by atomic mass is 9.95. The Balaban J connectivity index is 1.51. The van der Waals surface area contributed by atoms with Gasteiger partial charge in [0.15, 0.2) is 0 Å². The second-order valence-corrected chi connectivity index (χ2v) is 11.0. The van der Waals surface area contributed by atoms with Crippen molar-refractivity contribution in [2.24, 2.45) is 5.92 Å². The molecular formula is C27H31ClF3N5O3. The maximum Gasteiger partial charge on any atom is 0.416 e. The first-order valence-corrected chi connectivity index (χ1v) is 13.4. The number of nitrogens with zero attached hydrogens (tertiary/aromatic N) is 5. The summed E-state index contributed by atoms with van der Waals surface area (Å²) in [5.41, 5.74) is 0.434. The van der Waals surface area contributed by atoms with Crippen molar-refractivity contribution in [2.45, 2.75) is 44.5 Å². The SMILES string of the molecule is Cc1cc(C(F)(F)F)cc(N2C(=O)C[C@@H]3CN(CCN4CCC(O)CC4)c4c(Cl)cccc4N(C)C(=O)[C@H]32)n1. The summed E-state index contributed by atoms with van der Waals surface area (Å²) in [6.45, 7) is 4.54. The molecule has 2 saturated heterocycles. The van der Waals surface area contributed by atoms with E-state index >= 15 is 0 Å². The third-order valence-corrected chi connectivity index (χ3v) is 8.17. The van der Waals surface area contributed by atoms with Gasteiger partial charge in [-0.15, -0.1) is 0 Å². The van der Waals surface area contributed by atoms with Crippen molar-refractivity contribution in [1.82, 2.24) is 9.88 Å². The molecule has 0 bridgehead atoms. The Morgan fingerprint density at radius 2 is 1.85 bits per heavy atom. The van der Waals surface area contributed by atoms with E-state index in [0.717, 1.165) is 30.1 Å². The minimum atomic E-state index is -4.62. The molecule has 2 aromatic rings. The Morgan fingerprint density at radius 1 is 1.13 bits per heavy atom. The van der Waals surface area contributed by atoms with E-state index in [4.69, 9.17) is 11.6 Å². The number of aliphatic hydroxyl groups is 1. The lowest BCUT2D eigenvalue weighted by Gasteiger charge is -2.40. The molecule has 2 fully saturated rings. The number of aryl methyl sites for hydroxylation is 1. The molecule has 4 heterocycles. The number of alkyl halides is 3. The minimum absolute atomic E-state index is 0.00654. The number of likely N-dealkylation sites (N-methyl/N-ethyl adjacent to an activating group) is 1. The Kier molecular flexibility index (Phi) is 7.51. The van der Waals surface area contributed by atoms with Gasteiger partial charge in [-0.2, -0.15) is 13.2 Å². The second kappa shape index (κ2) is 10.6. The quantitative estimate of drug-likeness (QED) is 0.609. The zero-order valence-electron chi connectivity index (χ0n) is 21.8. The first-order chi connectivity index (χ1) is 18.4. The topological polar surface area (TPSA) is 80.2 Å². The molecule has 12 heteroatoms. The highest BCUT2D eigenvalue weighted by atomic mass is 35.5. The third kappa shape index (κ3) is 5.44. The van der Waals surface area contributed by atoms with E-state index in [1.807, 2.05) is 0 Å². The van der Waals surface area contributed by atoms with Crippen molar-refractivity contribution < 1.29 is 27.9 Å². The molecule has 5 rings (SSSR count). The number of para-hydroxylation sites is 1. The van der Waals surface area contributed by atoms with E-state index in [1.54, 1.807) is 25.2 Å². The van der Waals surface area contributed by atoms with Crippen molar-refractivity contribution in [3.8, 4) is 0 Å². The Labute approximate surface area is 229 Å². The van der Waals surface area contributed by atoms with Crippen molar-refractivity contribution in [1.29, 1.82) is 0 Å². The van der Waals surface area contributed by atoms with Gasteiger partial charge < -0.3 is 19.8 Å². The van der Waals surface area contributed by atoms with Crippen LogP contribution in [0.25, 0.3) is 0 Å². The number of anilines is 3. The fourth-order valence-corrected chi connectivity index (χ4v) is 6.16. The number of hydrogen-bond acceptors (Lipinski definition) is 6. The van der Waals surface area contributed by atoms with E-state index in [9.17, 15) is 27.9 Å². The molecule has 0 radical (unpaired) electrons. The number of likely N-dealkylation sites (tertiary alicyclic amines) is 1. The lowest BCUT2D eigenvalue weighted by Crippen LogP contribution is -2.53. The number of carbonyl (C=O) groups excluding carboxylic acids is 2. The van der Waals surface area contributed by atoms with E-state index in [0.29, 0.717) is 48.9 Å². The third-order valence-electron chi connectivity index (χ3n) is 7.87. The van der Waals surface area contributed by atoms with Gasteiger partial charge in [0.1, 0.15) is 11.9 Å². The van der Waals surface area contributed by atoms with Crippen LogP contribution in [0.4, 0.5) is 30.4 Å². The fourth-order valence-electron chi connectivity index (χ4n) is 5.87. The van der Waals surface area contributed by atoms with E-state index in [-0.39, 0.29) is 24.0 Å². The normalized spacial score (nSPS) is 23.1. The van der Waals surface area contributed by atoms with Crippen LogP contribution in [0.1, 0.15) is 30.5 Å². The van der Waals surface area contributed by atoms with E-state index in [1.165, 1.54) is 11.8 Å². The minimum Gasteiger partial charge on any atom is -0.393 e. The molecule has 210 valence electrons. The Morgan fingerprint density at radius 3 is 2.54 bits per heavy atom. The van der Waals surface area contributed by atoms with Crippen LogP contribution >= 0.6 is 11.6 Å². The molecule has 1 aromatic carbocycles. The van der Waals surface area contributed by atoms with Gasteiger partial charge in [0.2, 0.25) is 11.8 Å². The number of pyridine rings is 1. The van der Waals surface area contributed by atoms with Gasteiger partial charge in [-0.25, -0.2) is 4.98 Å². The number of halogens is 4. The summed E-state index contributed by atoms with van der Waals surface area (Å²) >= 11 is 6.67. The molecule has 1 aromatic heterocycles. The summed E-state index contributed by atoms with van der Waals surface area (Å²) in [5.74, 6) is -1.51.